The molecular weight excluding hydrogens is 432 g/mol. The van der Waals surface area contributed by atoms with Crippen molar-refractivity contribution in [3.8, 4) is 6.07 Å². The molecule has 0 amide bonds. The summed E-state index contributed by atoms with van der Waals surface area (Å²) in [7, 11) is 0. The first kappa shape index (κ1) is 21.3. The molecule has 0 spiro atoms. The topological polar surface area (TPSA) is 107 Å². The second-order valence-corrected chi connectivity index (χ2v) is 9.35. The summed E-state index contributed by atoms with van der Waals surface area (Å²) in [5, 5.41) is 26.5. The summed E-state index contributed by atoms with van der Waals surface area (Å²) < 4.78 is 0.953. The van der Waals surface area contributed by atoms with Crippen LogP contribution in [0.3, 0.4) is 0 Å². The number of nitriles is 1. The molecule has 2 heterocycles. The second kappa shape index (κ2) is 9.53. The minimum atomic E-state index is -0.203. The summed E-state index contributed by atoms with van der Waals surface area (Å²) in [6.07, 6.45) is 3.88. The second-order valence-electron chi connectivity index (χ2n) is 8.32. The molecule has 3 N–H and O–H groups in total. The van der Waals surface area contributed by atoms with Gasteiger partial charge in [0.05, 0.1) is 33.6 Å². The van der Waals surface area contributed by atoms with Crippen molar-refractivity contribution in [2.24, 2.45) is 0 Å². The Morgan fingerprint density at radius 3 is 2.61 bits per heavy atom. The van der Waals surface area contributed by atoms with Gasteiger partial charge < -0.3 is 15.7 Å². The van der Waals surface area contributed by atoms with E-state index in [1.165, 1.54) is 16.9 Å². The Bertz CT molecular complexity index is 1290. The fourth-order valence-electron chi connectivity index (χ4n) is 4.08. The number of thiazole rings is 1. The molecule has 4 aromatic rings. The van der Waals surface area contributed by atoms with Gasteiger partial charge in [0.2, 0.25) is 5.95 Å². The molecule has 1 aliphatic carbocycles. The molecule has 1 saturated carbocycles. The number of nitrogens with zero attached hydrogens (tertiary/aromatic N) is 4. The average Bonchev–Trinajstić information content (AvgIpc) is 3.22. The van der Waals surface area contributed by atoms with Crippen LogP contribution in [0.25, 0.3) is 10.2 Å². The average molecular weight is 457 g/mol. The third kappa shape index (κ3) is 5.28. The number of anilines is 3. The molecule has 0 bridgehead atoms. The first-order valence-electron chi connectivity index (χ1n) is 11.1. The van der Waals surface area contributed by atoms with Crippen molar-refractivity contribution in [3.05, 3.63) is 71.4 Å². The summed E-state index contributed by atoms with van der Waals surface area (Å²) in [6.45, 7) is 0. The van der Waals surface area contributed by atoms with E-state index in [1.807, 2.05) is 36.4 Å². The number of benzene rings is 2. The molecule has 2 aromatic heterocycles. The highest BCUT2D eigenvalue weighted by Gasteiger charge is 2.20. The van der Waals surface area contributed by atoms with Crippen LogP contribution in [0.1, 0.15) is 42.5 Å². The SMILES string of the molecule is N#Cc1ccc2nc(Nc3cc(Cc4ccccc4)nc(NC4CCC(O)CC4)n3)sc2c1. The maximum Gasteiger partial charge on any atom is 0.225 e. The van der Waals surface area contributed by atoms with Crippen LogP contribution in [0.4, 0.5) is 16.9 Å². The van der Waals surface area contributed by atoms with E-state index in [2.05, 4.69) is 33.8 Å². The van der Waals surface area contributed by atoms with Crippen molar-refractivity contribution in [3.63, 3.8) is 0 Å². The lowest BCUT2D eigenvalue weighted by molar-refractivity contribution is 0.126. The zero-order valence-electron chi connectivity index (χ0n) is 18.0. The summed E-state index contributed by atoms with van der Waals surface area (Å²) in [6, 6.07) is 20.1. The highest BCUT2D eigenvalue weighted by molar-refractivity contribution is 7.22. The standard InChI is InChI=1S/C25H24N6OS/c26-15-17-6-11-21-22(13-17)33-25(29-21)31-23-14-19(12-16-4-2-1-3-5-16)28-24(30-23)27-18-7-9-20(32)10-8-18/h1-6,11,13-14,18,20,32H,7-10,12H2,(H2,27,28,29,30,31). The highest BCUT2D eigenvalue weighted by Crippen LogP contribution is 2.29. The van der Waals surface area contributed by atoms with Crippen LogP contribution in [0.5, 0.6) is 0 Å². The Labute approximate surface area is 196 Å². The van der Waals surface area contributed by atoms with Crippen LogP contribution in [-0.4, -0.2) is 32.2 Å². The number of fused-ring (bicyclic) bond motifs is 1. The zero-order valence-corrected chi connectivity index (χ0v) is 18.8. The van der Waals surface area contributed by atoms with E-state index < -0.39 is 0 Å². The van der Waals surface area contributed by atoms with Crippen LogP contribution in [0.15, 0.2) is 54.6 Å². The van der Waals surface area contributed by atoms with E-state index in [4.69, 9.17) is 15.2 Å². The summed E-state index contributed by atoms with van der Waals surface area (Å²) >= 11 is 1.49. The number of aromatic nitrogens is 3. The lowest BCUT2D eigenvalue weighted by Gasteiger charge is -2.26. The highest BCUT2D eigenvalue weighted by atomic mass is 32.1. The van der Waals surface area contributed by atoms with Crippen molar-refractivity contribution in [1.82, 2.24) is 15.0 Å². The lowest BCUT2D eigenvalue weighted by atomic mass is 9.93. The molecule has 1 aliphatic rings. The smallest absolute Gasteiger partial charge is 0.225 e. The van der Waals surface area contributed by atoms with Gasteiger partial charge in [-0.1, -0.05) is 41.7 Å². The van der Waals surface area contributed by atoms with E-state index >= 15 is 0 Å². The van der Waals surface area contributed by atoms with E-state index in [0.29, 0.717) is 23.8 Å². The van der Waals surface area contributed by atoms with Gasteiger partial charge >= 0.3 is 0 Å². The summed E-state index contributed by atoms with van der Waals surface area (Å²) in [5.41, 5.74) is 3.55. The van der Waals surface area contributed by atoms with Gasteiger partial charge in [-0.15, -0.1) is 0 Å². The fraction of sp³-hybridized carbons (Fsp3) is 0.280. The number of aliphatic hydroxyl groups excluding tert-OH is 1. The molecule has 2 aromatic carbocycles. The molecule has 33 heavy (non-hydrogen) atoms. The van der Waals surface area contributed by atoms with E-state index in [9.17, 15) is 5.11 Å². The Hall–Kier alpha value is -3.54. The Morgan fingerprint density at radius 2 is 1.82 bits per heavy atom. The van der Waals surface area contributed by atoms with Gasteiger partial charge in [-0.25, -0.2) is 9.97 Å². The van der Waals surface area contributed by atoms with Crippen molar-refractivity contribution < 1.29 is 5.11 Å². The molecule has 5 rings (SSSR count). The molecule has 1 fully saturated rings. The quantitative estimate of drug-likeness (QED) is 0.374. The Kier molecular flexibility index (Phi) is 6.15. The van der Waals surface area contributed by atoms with Crippen LogP contribution in [-0.2, 0) is 6.42 Å². The third-order valence-corrected chi connectivity index (χ3v) is 6.72. The molecule has 8 heteroatoms. The molecular formula is C25H24N6OS. The molecule has 0 radical (unpaired) electrons. The molecule has 166 valence electrons. The van der Waals surface area contributed by atoms with Crippen LogP contribution in [0.2, 0.25) is 0 Å². The molecule has 0 atom stereocenters. The largest absolute Gasteiger partial charge is 0.393 e. The van der Waals surface area contributed by atoms with E-state index in [0.717, 1.165) is 46.7 Å². The summed E-state index contributed by atoms with van der Waals surface area (Å²) in [4.78, 5) is 14.1. The minimum absolute atomic E-state index is 0.203. The molecule has 0 unspecified atom stereocenters. The third-order valence-electron chi connectivity index (χ3n) is 5.79. The van der Waals surface area contributed by atoms with Gasteiger partial charge in [0.15, 0.2) is 5.13 Å². The van der Waals surface area contributed by atoms with Gasteiger partial charge in [0.1, 0.15) is 5.82 Å². The van der Waals surface area contributed by atoms with Crippen molar-refractivity contribution in [2.75, 3.05) is 10.6 Å². The monoisotopic (exact) mass is 456 g/mol. The van der Waals surface area contributed by atoms with Crippen molar-refractivity contribution in [1.29, 1.82) is 5.26 Å². The van der Waals surface area contributed by atoms with Crippen LogP contribution in [0, 0.1) is 11.3 Å². The first-order valence-corrected chi connectivity index (χ1v) is 11.9. The lowest BCUT2D eigenvalue weighted by Crippen LogP contribution is -2.29. The predicted molar refractivity (Wildman–Crippen MR) is 131 cm³/mol. The first-order chi connectivity index (χ1) is 16.1. The number of rotatable bonds is 6. The van der Waals surface area contributed by atoms with Crippen molar-refractivity contribution >= 4 is 38.5 Å². The Morgan fingerprint density at radius 1 is 1.00 bits per heavy atom. The number of hydrogen-bond donors (Lipinski definition) is 3. The van der Waals surface area contributed by atoms with Crippen LogP contribution >= 0.6 is 11.3 Å². The van der Waals surface area contributed by atoms with Crippen molar-refractivity contribution in [2.45, 2.75) is 44.2 Å². The number of hydrogen-bond acceptors (Lipinski definition) is 8. The summed E-state index contributed by atoms with van der Waals surface area (Å²) in [5.74, 6) is 1.26. The number of nitrogens with one attached hydrogen (secondary N) is 2. The molecule has 0 aliphatic heterocycles. The predicted octanol–water partition coefficient (Wildman–Crippen LogP) is 5.01. The van der Waals surface area contributed by atoms with E-state index in [1.54, 1.807) is 6.07 Å². The normalized spacial score (nSPS) is 18.1. The van der Waals surface area contributed by atoms with Crippen LogP contribution < -0.4 is 10.6 Å². The van der Waals surface area contributed by atoms with E-state index in [-0.39, 0.29) is 12.1 Å². The number of aliphatic hydroxyl groups is 1. The van der Waals surface area contributed by atoms with Gasteiger partial charge in [0, 0.05) is 18.5 Å². The minimum Gasteiger partial charge on any atom is -0.393 e. The van der Waals surface area contributed by atoms with Gasteiger partial charge in [-0.3, -0.25) is 0 Å². The van der Waals surface area contributed by atoms with Gasteiger partial charge in [0.25, 0.3) is 0 Å². The van der Waals surface area contributed by atoms with Gasteiger partial charge in [-0.05, 0) is 49.4 Å². The molecule has 0 saturated heterocycles. The maximum absolute atomic E-state index is 9.81. The maximum atomic E-state index is 9.81. The fourth-order valence-corrected chi connectivity index (χ4v) is 4.99. The zero-order chi connectivity index (χ0) is 22.6. The van der Waals surface area contributed by atoms with Gasteiger partial charge in [-0.2, -0.15) is 10.2 Å². The molecule has 7 nitrogen and oxygen atoms in total. The Balaban J connectivity index is 1.42.